The van der Waals surface area contributed by atoms with Gasteiger partial charge in [-0.15, -0.1) is 0 Å². The van der Waals surface area contributed by atoms with Crippen LogP contribution >= 0.6 is 0 Å². The summed E-state index contributed by atoms with van der Waals surface area (Å²) in [6.45, 7) is 14.9. The van der Waals surface area contributed by atoms with Crippen LogP contribution in [0.5, 0.6) is 0 Å². The van der Waals surface area contributed by atoms with E-state index in [-0.39, 0.29) is 19.2 Å². The van der Waals surface area contributed by atoms with Crippen LogP contribution < -0.4 is 0 Å². The average Bonchev–Trinajstić information content (AvgIpc) is 2.49. The Kier molecular flexibility index (Phi) is 11.7. The van der Waals surface area contributed by atoms with Gasteiger partial charge in [0.1, 0.15) is 6.10 Å². The lowest BCUT2D eigenvalue weighted by Crippen LogP contribution is -2.44. The fourth-order valence-electron chi connectivity index (χ4n) is 2.51. The molecule has 0 heterocycles. The van der Waals surface area contributed by atoms with Gasteiger partial charge in [0.25, 0.3) is 0 Å². The molecule has 0 saturated heterocycles. The summed E-state index contributed by atoms with van der Waals surface area (Å²) in [6, 6.07) is 1.94. The zero-order valence-electron chi connectivity index (χ0n) is 16.5. The van der Waals surface area contributed by atoms with Crippen molar-refractivity contribution < 1.29 is 28.6 Å². The van der Waals surface area contributed by atoms with E-state index in [0.717, 1.165) is 24.9 Å². The summed E-state index contributed by atoms with van der Waals surface area (Å²) in [5.41, 5.74) is 0.426. The Morgan fingerprint density at radius 1 is 1.08 bits per heavy atom. The normalized spacial score (nSPS) is 13.6. The molecular formula is C17H36O6Si2. The fraction of sp³-hybridized carbons (Fsp3) is 0.824. The second kappa shape index (κ2) is 12.0. The van der Waals surface area contributed by atoms with Crippen molar-refractivity contribution in [2.45, 2.75) is 64.1 Å². The highest BCUT2D eigenvalue weighted by Gasteiger charge is 2.32. The molecule has 6 nitrogen and oxygen atoms in total. The van der Waals surface area contributed by atoms with Crippen molar-refractivity contribution in [3.63, 3.8) is 0 Å². The summed E-state index contributed by atoms with van der Waals surface area (Å²) in [4.78, 5) is 11.4. The van der Waals surface area contributed by atoms with E-state index in [1.54, 1.807) is 6.92 Å². The number of carbonyl (C=O) groups is 1. The Hall–Kier alpha value is -0.516. The molecule has 0 aliphatic heterocycles. The fourth-order valence-corrected chi connectivity index (χ4v) is 11.3. The van der Waals surface area contributed by atoms with Gasteiger partial charge >= 0.3 is 5.97 Å². The molecule has 1 atom stereocenters. The lowest BCUT2D eigenvalue weighted by molar-refractivity contribution is -0.138. The maximum Gasteiger partial charge on any atom is 0.333 e. The number of carbonyl (C=O) groups excluding carboxylic acids is 1. The van der Waals surface area contributed by atoms with Crippen molar-refractivity contribution in [2.24, 2.45) is 0 Å². The van der Waals surface area contributed by atoms with Crippen molar-refractivity contribution in [2.75, 3.05) is 26.4 Å². The summed E-state index contributed by atoms with van der Waals surface area (Å²) in [5, 5.41) is 17.9. The molecule has 0 bridgehead atoms. The standard InChI is InChI=1S/C17H36O6Si2/c1-15(2)17(20)22-10-8-12-25(5,6)23-24(3,4)11-7-9-21-14-16(19)13-18/h16,18-19H,1,7-14H2,2-6H3. The minimum Gasteiger partial charge on any atom is -0.462 e. The summed E-state index contributed by atoms with van der Waals surface area (Å²) >= 11 is 0. The van der Waals surface area contributed by atoms with Crippen LogP contribution in [0.3, 0.4) is 0 Å². The van der Waals surface area contributed by atoms with Gasteiger partial charge < -0.3 is 23.8 Å². The van der Waals surface area contributed by atoms with Crippen LogP contribution in [0.25, 0.3) is 0 Å². The SMILES string of the molecule is C=C(C)C(=O)OCCC[Si](C)(C)O[Si](C)(C)CCCOCC(O)CO. The summed E-state index contributed by atoms with van der Waals surface area (Å²) in [7, 11) is -3.57. The Labute approximate surface area is 154 Å². The zero-order chi connectivity index (χ0) is 19.5. The molecular weight excluding hydrogens is 356 g/mol. The van der Waals surface area contributed by atoms with E-state index < -0.39 is 22.7 Å². The Morgan fingerprint density at radius 2 is 1.60 bits per heavy atom. The van der Waals surface area contributed by atoms with Crippen LogP contribution in [0.15, 0.2) is 12.2 Å². The van der Waals surface area contributed by atoms with Gasteiger partial charge in [0, 0.05) is 12.2 Å². The Morgan fingerprint density at radius 3 is 2.08 bits per heavy atom. The van der Waals surface area contributed by atoms with Crippen molar-refractivity contribution in [3.05, 3.63) is 12.2 Å². The molecule has 0 aliphatic rings. The van der Waals surface area contributed by atoms with E-state index in [1.165, 1.54) is 0 Å². The third kappa shape index (κ3) is 13.4. The molecule has 0 spiro atoms. The first-order valence-corrected chi connectivity index (χ1v) is 15.1. The molecule has 0 radical (unpaired) electrons. The highest BCUT2D eigenvalue weighted by atomic mass is 28.4. The summed E-state index contributed by atoms with van der Waals surface area (Å²) < 4.78 is 17.0. The number of aliphatic hydroxyl groups excluding tert-OH is 2. The molecule has 25 heavy (non-hydrogen) atoms. The second-order valence-corrected chi connectivity index (χ2v) is 16.5. The van der Waals surface area contributed by atoms with Crippen molar-refractivity contribution in [3.8, 4) is 0 Å². The van der Waals surface area contributed by atoms with E-state index in [2.05, 4.69) is 32.8 Å². The molecule has 0 rings (SSSR count). The summed E-state index contributed by atoms with van der Waals surface area (Å²) in [5.74, 6) is -0.332. The second-order valence-electron chi connectivity index (χ2n) is 7.66. The van der Waals surface area contributed by atoms with Crippen LogP contribution in [-0.2, 0) is 18.4 Å². The topological polar surface area (TPSA) is 85.2 Å². The van der Waals surface area contributed by atoms with Crippen molar-refractivity contribution in [1.82, 2.24) is 0 Å². The van der Waals surface area contributed by atoms with Gasteiger partial charge in [0.2, 0.25) is 0 Å². The minimum atomic E-state index is -1.80. The van der Waals surface area contributed by atoms with E-state index in [1.807, 2.05) is 0 Å². The molecule has 0 aromatic rings. The van der Waals surface area contributed by atoms with Gasteiger partial charge in [-0.05, 0) is 58.0 Å². The smallest absolute Gasteiger partial charge is 0.333 e. The predicted molar refractivity (Wildman–Crippen MR) is 105 cm³/mol. The van der Waals surface area contributed by atoms with E-state index in [9.17, 15) is 9.90 Å². The molecule has 148 valence electrons. The Balaban J connectivity index is 4.02. The van der Waals surface area contributed by atoms with Crippen LogP contribution in [0.2, 0.25) is 38.3 Å². The number of esters is 1. The molecule has 0 aromatic heterocycles. The largest absolute Gasteiger partial charge is 0.462 e. The van der Waals surface area contributed by atoms with Crippen molar-refractivity contribution in [1.29, 1.82) is 0 Å². The highest BCUT2D eigenvalue weighted by molar-refractivity contribution is 6.84. The van der Waals surface area contributed by atoms with E-state index >= 15 is 0 Å². The van der Waals surface area contributed by atoms with Crippen LogP contribution in [-0.4, -0.2) is 65.3 Å². The van der Waals surface area contributed by atoms with Gasteiger partial charge in [0.15, 0.2) is 16.6 Å². The number of hydrogen-bond acceptors (Lipinski definition) is 6. The van der Waals surface area contributed by atoms with Crippen LogP contribution in [0, 0.1) is 0 Å². The highest BCUT2D eigenvalue weighted by Crippen LogP contribution is 2.23. The minimum absolute atomic E-state index is 0.169. The van der Waals surface area contributed by atoms with Crippen LogP contribution in [0.1, 0.15) is 19.8 Å². The molecule has 0 amide bonds. The van der Waals surface area contributed by atoms with Gasteiger partial charge in [-0.3, -0.25) is 0 Å². The zero-order valence-corrected chi connectivity index (χ0v) is 18.5. The lowest BCUT2D eigenvalue weighted by Gasteiger charge is -2.34. The van der Waals surface area contributed by atoms with Gasteiger partial charge in [0.05, 0.1) is 19.8 Å². The average molecular weight is 393 g/mol. The first-order valence-electron chi connectivity index (χ1n) is 8.88. The quantitative estimate of drug-likeness (QED) is 0.205. The van der Waals surface area contributed by atoms with E-state index in [0.29, 0.717) is 18.8 Å². The van der Waals surface area contributed by atoms with Crippen molar-refractivity contribution >= 4 is 22.6 Å². The van der Waals surface area contributed by atoms with Gasteiger partial charge in [-0.25, -0.2) is 4.79 Å². The molecule has 2 N–H and O–H groups in total. The maximum absolute atomic E-state index is 11.4. The third-order valence-corrected chi connectivity index (χ3v) is 11.2. The first kappa shape index (κ1) is 24.5. The monoisotopic (exact) mass is 392 g/mol. The number of aliphatic hydroxyl groups is 2. The third-order valence-electron chi connectivity index (χ3n) is 3.65. The Bertz CT molecular complexity index is 412. The molecule has 0 aliphatic carbocycles. The van der Waals surface area contributed by atoms with E-state index in [4.69, 9.17) is 18.7 Å². The predicted octanol–water partition coefficient (Wildman–Crippen LogP) is 2.68. The summed E-state index contributed by atoms with van der Waals surface area (Å²) in [6.07, 6.45) is 0.898. The van der Waals surface area contributed by atoms with Crippen LogP contribution in [0.4, 0.5) is 0 Å². The number of rotatable bonds is 14. The molecule has 0 saturated carbocycles. The lowest BCUT2D eigenvalue weighted by atomic mass is 10.4. The molecule has 1 unspecified atom stereocenters. The van der Waals surface area contributed by atoms with Gasteiger partial charge in [-0.1, -0.05) is 6.58 Å². The molecule has 0 fully saturated rings. The number of ether oxygens (including phenoxy) is 2. The van der Waals surface area contributed by atoms with Gasteiger partial charge in [-0.2, -0.15) is 0 Å². The molecule has 0 aromatic carbocycles. The molecule has 8 heteroatoms. The number of hydrogen-bond donors (Lipinski definition) is 2. The maximum atomic E-state index is 11.4. The first-order chi connectivity index (χ1) is 11.5.